The molecule has 2 aromatic rings. The van der Waals surface area contributed by atoms with Crippen molar-refractivity contribution in [2.75, 3.05) is 12.4 Å². The highest BCUT2D eigenvalue weighted by atomic mass is 35.5. The fourth-order valence-electron chi connectivity index (χ4n) is 1.81. The number of hydrogen-bond donors (Lipinski definition) is 1. The van der Waals surface area contributed by atoms with Crippen molar-refractivity contribution in [1.29, 1.82) is 0 Å². The van der Waals surface area contributed by atoms with Crippen molar-refractivity contribution >= 4 is 29.3 Å². The number of thioether (sulfide) groups is 1. The quantitative estimate of drug-likeness (QED) is 0.601. The summed E-state index contributed by atoms with van der Waals surface area (Å²) in [6.07, 6.45) is 2.34. The monoisotopic (exact) mass is 379 g/mol. The van der Waals surface area contributed by atoms with Gasteiger partial charge >= 0.3 is 5.97 Å². The first-order chi connectivity index (χ1) is 12.0. The molecule has 25 heavy (non-hydrogen) atoms. The Labute approximate surface area is 154 Å². The maximum absolute atomic E-state index is 14.0. The molecule has 7 heteroatoms. The van der Waals surface area contributed by atoms with Crippen LogP contribution in [0.25, 0.3) is 0 Å². The second-order valence-corrected chi connectivity index (χ2v) is 6.53. The Kier molecular flexibility index (Phi) is 7.11. The molecule has 1 aromatic heterocycles. The lowest BCUT2D eigenvalue weighted by Gasteiger charge is -2.05. The van der Waals surface area contributed by atoms with Gasteiger partial charge in [0.25, 0.3) is 0 Å². The summed E-state index contributed by atoms with van der Waals surface area (Å²) >= 11 is 7.52. The van der Waals surface area contributed by atoms with E-state index in [-0.39, 0.29) is 11.4 Å². The number of carboxylic acid groups (broad SMARTS) is 1. The Morgan fingerprint density at radius 1 is 1.36 bits per heavy atom. The van der Waals surface area contributed by atoms with Crippen LogP contribution in [-0.2, 0) is 4.79 Å². The Morgan fingerprint density at radius 2 is 2.12 bits per heavy atom. The lowest BCUT2D eigenvalue weighted by atomic mass is 10.2. The minimum Gasteiger partial charge on any atom is -0.479 e. The molecule has 2 rings (SSSR count). The van der Waals surface area contributed by atoms with Crippen LogP contribution in [0.1, 0.15) is 24.5 Å². The van der Waals surface area contributed by atoms with Crippen LogP contribution < -0.4 is 4.74 Å². The number of aromatic nitrogens is 1. The van der Waals surface area contributed by atoms with Gasteiger partial charge in [-0.1, -0.05) is 30.4 Å². The molecule has 0 aliphatic heterocycles. The van der Waals surface area contributed by atoms with Crippen molar-refractivity contribution in [3.8, 4) is 17.7 Å². The van der Waals surface area contributed by atoms with Gasteiger partial charge in [0.05, 0.1) is 16.1 Å². The van der Waals surface area contributed by atoms with Crippen molar-refractivity contribution in [3.05, 3.63) is 52.4 Å². The Bertz CT molecular complexity index is 833. The van der Waals surface area contributed by atoms with Crippen molar-refractivity contribution in [1.82, 2.24) is 4.98 Å². The summed E-state index contributed by atoms with van der Waals surface area (Å²) in [7, 11) is 0. The second-order valence-electron chi connectivity index (χ2n) is 4.93. The smallest absolute Gasteiger partial charge is 0.341 e. The van der Waals surface area contributed by atoms with E-state index in [0.717, 1.165) is 17.1 Å². The zero-order valence-electron chi connectivity index (χ0n) is 13.4. The molecule has 1 N–H and O–H groups in total. The number of halogens is 2. The van der Waals surface area contributed by atoms with Gasteiger partial charge in [-0.15, -0.1) is 11.8 Å². The van der Waals surface area contributed by atoms with Crippen LogP contribution in [0.5, 0.6) is 5.88 Å². The molecule has 0 radical (unpaired) electrons. The molecule has 1 heterocycles. The number of carbonyl (C=O) groups is 1. The van der Waals surface area contributed by atoms with Crippen molar-refractivity contribution in [2.24, 2.45) is 0 Å². The number of carboxylic acids is 1. The third kappa shape index (κ3) is 5.96. The number of benzene rings is 1. The third-order valence-corrected chi connectivity index (χ3v) is 4.30. The lowest BCUT2D eigenvalue weighted by molar-refractivity contribution is -0.139. The number of ether oxygens (including phenoxy) is 1. The fraction of sp³-hybridized carbons (Fsp3) is 0.222. The molecule has 0 spiro atoms. The van der Waals surface area contributed by atoms with E-state index in [1.807, 2.05) is 0 Å². The van der Waals surface area contributed by atoms with Gasteiger partial charge in [-0.3, -0.25) is 0 Å². The zero-order valence-corrected chi connectivity index (χ0v) is 15.0. The Hall–Kier alpha value is -2.23. The molecule has 1 aromatic carbocycles. The normalized spacial score (nSPS) is 10.0. The van der Waals surface area contributed by atoms with Crippen molar-refractivity contribution < 1.29 is 19.0 Å². The van der Waals surface area contributed by atoms with E-state index in [1.165, 1.54) is 18.3 Å². The summed E-state index contributed by atoms with van der Waals surface area (Å²) in [4.78, 5) is 15.5. The van der Waals surface area contributed by atoms with Crippen LogP contribution in [0.15, 0.2) is 35.4 Å². The number of pyridine rings is 1. The molecule has 0 fully saturated rings. The van der Waals surface area contributed by atoms with Crippen LogP contribution in [0.4, 0.5) is 4.39 Å². The highest BCUT2D eigenvalue weighted by molar-refractivity contribution is 7.99. The lowest BCUT2D eigenvalue weighted by Crippen LogP contribution is -2.11. The van der Waals surface area contributed by atoms with Crippen LogP contribution in [-0.4, -0.2) is 28.4 Å². The first-order valence-electron chi connectivity index (χ1n) is 7.44. The zero-order chi connectivity index (χ0) is 18.2. The summed E-state index contributed by atoms with van der Waals surface area (Å²) in [5.41, 5.74) is 0.532. The minimum atomic E-state index is -1.14. The standard InChI is InChI=1S/C18H15ClFNO3S/c1-2-7-25-15-5-6-16(20)12(9-15)3-4-13-8-14(19)10-21-18(13)24-11-17(22)23/h5-6,8-10H,2,7,11H2,1H3,(H,22,23). The van der Waals surface area contributed by atoms with Gasteiger partial charge in [0.1, 0.15) is 5.82 Å². The van der Waals surface area contributed by atoms with Crippen LogP contribution in [0.3, 0.4) is 0 Å². The molecular weight excluding hydrogens is 365 g/mol. The minimum absolute atomic E-state index is 0.0382. The van der Waals surface area contributed by atoms with Gasteiger partial charge in [-0.25, -0.2) is 14.2 Å². The summed E-state index contributed by atoms with van der Waals surface area (Å²) in [5, 5.41) is 9.02. The van der Waals surface area contributed by atoms with Gasteiger partial charge in [-0.2, -0.15) is 0 Å². The molecule has 0 atom stereocenters. The van der Waals surface area contributed by atoms with Crippen molar-refractivity contribution in [2.45, 2.75) is 18.2 Å². The van der Waals surface area contributed by atoms with Crippen LogP contribution in [0.2, 0.25) is 5.02 Å². The summed E-state index contributed by atoms with van der Waals surface area (Å²) in [5.74, 6) is 4.89. The highest BCUT2D eigenvalue weighted by Gasteiger charge is 2.08. The van der Waals surface area contributed by atoms with E-state index in [0.29, 0.717) is 10.6 Å². The maximum atomic E-state index is 14.0. The van der Waals surface area contributed by atoms with E-state index < -0.39 is 18.4 Å². The molecule has 0 aliphatic rings. The predicted octanol–water partition coefficient (Wildman–Crippen LogP) is 4.24. The molecular formula is C18H15ClFNO3S. The topological polar surface area (TPSA) is 59.4 Å². The molecule has 0 aliphatic carbocycles. The van der Waals surface area contributed by atoms with Gasteiger partial charge in [0, 0.05) is 11.1 Å². The van der Waals surface area contributed by atoms with E-state index >= 15 is 0 Å². The number of aliphatic carboxylic acids is 1. The molecule has 4 nitrogen and oxygen atoms in total. The van der Waals surface area contributed by atoms with Gasteiger partial charge in [0.15, 0.2) is 6.61 Å². The first-order valence-corrected chi connectivity index (χ1v) is 8.80. The van der Waals surface area contributed by atoms with E-state index in [9.17, 15) is 9.18 Å². The first kappa shape index (κ1) is 19.1. The maximum Gasteiger partial charge on any atom is 0.341 e. The number of hydrogen-bond acceptors (Lipinski definition) is 4. The molecule has 0 bridgehead atoms. The second kappa shape index (κ2) is 9.30. The summed E-state index contributed by atoms with van der Waals surface area (Å²) < 4.78 is 19.0. The average molecular weight is 380 g/mol. The number of nitrogens with zero attached hydrogens (tertiary/aromatic N) is 1. The van der Waals surface area contributed by atoms with E-state index in [1.54, 1.807) is 23.9 Å². The number of rotatable bonds is 6. The van der Waals surface area contributed by atoms with Crippen LogP contribution in [0, 0.1) is 17.7 Å². The third-order valence-electron chi connectivity index (χ3n) is 2.89. The van der Waals surface area contributed by atoms with E-state index in [4.69, 9.17) is 21.4 Å². The van der Waals surface area contributed by atoms with E-state index in [2.05, 4.69) is 23.7 Å². The molecule has 130 valence electrons. The highest BCUT2D eigenvalue weighted by Crippen LogP contribution is 2.22. The van der Waals surface area contributed by atoms with Gasteiger partial charge in [-0.05, 0) is 36.4 Å². The Balaban J connectivity index is 2.31. The average Bonchev–Trinajstić information content (AvgIpc) is 2.59. The molecule has 0 unspecified atom stereocenters. The summed E-state index contributed by atoms with van der Waals surface area (Å²) in [6.45, 7) is 1.52. The summed E-state index contributed by atoms with van der Waals surface area (Å²) in [6, 6.07) is 6.26. The van der Waals surface area contributed by atoms with Gasteiger partial charge in [0.2, 0.25) is 5.88 Å². The predicted molar refractivity (Wildman–Crippen MR) is 95.8 cm³/mol. The van der Waals surface area contributed by atoms with Crippen LogP contribution >= 0.6 is 23.4 Å². The molecule has 0 amide bonds. The van der Waals surface area contributed by atoms with Gasteiger partial charge < -0.3 is 9.84 Å². The largest absolute Gasteiger partial charge is 0.479 e. The molecule has 0 saturated carbocycles. The van der Waals surface area contributed by atoms with Crippen molar-refractivity contribution in [3.63, 3.8) is 0 Å². The Morgan fingerprint density at radius 3 is 2.84 bits per heavy atom. The molecule has 0 saturated heterocycles. The SMILES string of the molecule is CCCSc1ccc(F)c(C#Cc2cc(Cl)cnc2OCC(=O)O)c1. The fourth-order valence-corrected chi connectivity index (χ4v) is 2.77.